The number of nitro benzene ring substituents is 1. The number of ketones is 1. The Kier molecular flexibility index (Phi) is 4.27. The zero-order valence-corrected chi connectivity index (χ0v) is 10.9. The molecule has 0 amide bonds. The molecule has 0 unspecified atom stereocenters. The van der Waals surface area contributed by atoms with Gasteiger partial charge in [0.15, 0.2) is 0 Å². The van der Waals surface area contributed by atoms with E-state index in [0.717, 1.165) is 12.8 Å². The first-order valence-corrected chi connectivity index (χ1v) is 6.48. The van der Waals surface area contributed by atoms with E-state index in [1.54, 1.807) is 12.1 Å². The largest absolute Gasteiger partial charge is 0.370 e. The third-order valence-corrected chi connectivity index (χ3v) is 3.33. The maximum Gasteiger partial charge on any atom is 0.269 e. The van der Waals surface area contributed by atoms with E-state index in [-0.39, 0.29) is 23.7 Å². The Labute approximate surface area is 111 Å². The summed E-state index contributed by atoms with van der Waals surface area (Å²) >= 11 is 0. The molecule has 102 valence electrons. The van der Waals surface area contributed by atoms with Crippen LogP contribution in [0.15, 0.2) is 24.3 Å². The first-order valence-electron chi connectivity index (χ1n) is 6.48. The summed E-state index contributed by atoms with van der Waals surface area (Å²) in [5, 5.41) is 10.8. The Balaban J connectivity index is 2.23. The highest BCUT2D eigenvalue weighted by Gasteiger charge is 2.23. The van der Waals surface area contributed by atoms with Gasteiger partial charge in [0.2, 0.25) is 0 Å². The van der Waals surface area contributed by atoms with Gasteiger partial charge in [-0.15, -0.1) is 0 Å². The zero-order chi connectivity index (χ0) is 13.8. The van der Waals surface area contributed by atoms with Crippen LogP contribution < -0.4 is 0 Å². The van der Waals surface area contributed by atoms with Crippen LogP contribution in [0.3, 0.4) is 0 Å². The molecule has 1 aromatic rings. The maximum absolute atomic E-state index is 11.7. The fourth-order valence-electron chi connectivity index (χ4n) is 2.33. The van der Waals surface area contributed by atoms with Gasteiger partial charge in [-0.05, 0) is 25.3 Å². The Morgan fingerprint density at radius 3 is 2.95 bits per heavy atom. The van der Waals surface area contributed by atoms with Gasteiger partial charge in [0, 0.05) is 25.0 Å². The van der Waals surface area contributed by atoms with Crippen molar-refractivity contribution in [2.45, 2.75) is 44.8 Å². The second-order valence-corrected chi connectivity index (χ2v) is 4.92. The van der Waals surface area contributed by atoms with Crippen LogP contribution in [0.2, 0.25) is 0 Å². The van der Waals surface area contributed by atoms with Crippen LogP contribution in [0.25, 0.3) is 0 Å². The maximum atomic E-state index is 11.7. The van der Waals surface area contributed by atoms with Crippen LogP contribution >= 0.6 is 0 Å². The average molecular weight is 263 g/mol. The zero-order valence-electron chi connectivity index (χ0n) is 10.9. The van der Waals surface area contributed by atoms with Crippen molar-refractivity contribution in [3.63, 3.8) is 0 Å². The number of carbonyl (C=O) groups is 1. The minimum absolute atomic E-state index is 0.0308. The molecule has 1 aliphatic heterocycles. The highest BCUT2D eigenvalue weighted by Crippen LogP contribution is 2.29. The number of nitro groups is 1. The van der Waals surface area contributed by atoms with E-state index < -0.39 is 4.92 Å². The molecule has 1 heterocycles. The van der Waals surface area contributed by atoms with Gasteiger partial charge in [-0.2, -0.15) is 0 Å². The Morgan fingerprint density at radius 2 is 2.21 bits per heavy atom. The first kappa shape index (κ1) is 13.7. The summed E-state index contributed by atoms with van der Waals surface area (Å²) in [4.78, 5) is 22.1. The molecule has 0 aromatic heterocycles. The summed E-state index contributed by atoms with van der Waals surface area (Å²) in [5.74, 6) is 0.156. The predicted molar refractivity (Wildman–Crippen MR) is 69.9 cm³/mol. The topological polar surface area (TPSA) is 69.4 Å². The normalized spacial score (nSPS) is 24.6. The van der Waals surface area contributed by atoms with Crippen molar-refractivity contribution in [3.8, 4) is 0 Å². The van der Waals surface area contributed by atoms with Crippen molar-refractivity contribution in [1.82, 2.24) is 0 Å². The molecule has 5 nitrogen and oxygen atoms in total. The van der Waals surface area contributed by atoms with Crippen LogP contribution in [0.5, 0.6) is 0 Å². The Bertz CT molecular complexity index is 486. The molecule has 1 saturated heterocycles. The molecule has 2 atom stereocenters. The molecule has 1 fully saturated rings. The number of non-ortho nitro benzene ring substituents is 1. The Morgan fingerprint density at radius 1 is 1.42 bits per heavy atom. The van der Waals surface area contributed by atoms with Crippen molar-refractivity contribution in [2.24, 2.45) is 0 Å². The second-order valence-electron chi connectivity index (χ2n) is 4.92. The average Bonchev–Trinajstić information content (AvgIpc) is 2.36. The lowest BCUT2D eigenvalue weighted by Gasteiger charge is -2.24. The molecule has 0 N–H and O–H groups in total. The van der Waals surface area contributed by atoms with E-state index >= 15 is 0 Å². The minimum Gasteiger partial charge on any atom is -0.370 e. The van der Waals surface area contributed by atoms with Crippen molar-refractivity contribution >= 4 is 11.5 Å². The monoisotopic (exact) mass is 263 g/mol. The summed E-state index contributed by atoms with van der Waals surface area (Å²) in [6.45, 7) is 1.97. The molecular formula is C14H17NO4. The van der Waals surface area contributed by atoms with Gasteiger partial charge < -0.3 is 4.74 Å². The molecule has 1 aliphatic rings. The standard InChI is InChI=1S/C14H17NO4/c1-10-4-2-7-13(16)9-14(19-10)11-5-3-6-12(8-11)15(17)18/h3,5-6,8,10,14H,2,4,7,9H2,1H3/t10-,14-/m0/s1. The summed E-state index contributed by atoms with van der Waals surface area (Å²) in [7, 11) is 0. The number of ether oxygens (including phenoxy) is 1. The lowest BCUT2D eigenvalue weighted by Crippen LogP contribution is -2.20. The fraction of sp³-hybridized carbons (Fsp3) is 0.500. The SMILES string of the molecule is C[C@H]1CCCC(=O)C[C@@H](c2cccc([N+](=O)[O-])c2)O1. The van der Waals surface area contributed by atoms with Gasteiger partial charge in [0.1, 0.15) is 5.78 Å². The third kappa shape index (κ3) is 3.61. The van der Waals surface area contributed by atoms with Crippen LogP contribution in [0, 0.1) is 10.1 Å². The van der Waals surface area contributed by atoms with Crippen molar-refractivity contribution < 1.29 is 14.5 Å². The predicted octanol–water partition coefficient (Wildman–Crippen LogP) is 3.18. The lowest BCUT2D eigenvalue weighted by molar-refractivity contribution is -0.385. The molecule has 0 aliphatic carbocycles. The van der Waals surface area contributed by atoms with E-state index in [0.29, 0.717) is 18.4 Å². The molecule has 0 bridgehead atoms. The molecule has 1 aromatic carbocycles. The number of rotatable bonds is 2. The first-order chi connectivity index (χ1) is 9.06. The lowest BCUT2D eigenvalue weighted by atomic mass is 9.98. The summed E-state index contributed by atoms with van der Waals surface area (Å²) in [6, 6.07) is 6.34. The van der Waals surface area contributed by atoms with Crippen LogP contribution in [-0.4, -0.2) is 16.8 Å². The number of benzene rings is 1. The smallest absolute Gasteiger partial charge is 0.269 e. The van der Waals surface area contributed by atoms with Crippen molar-refractivity contribution in [1.29, 1.82) is 0 Å². The van der Waals surface area contributed by atoms with Crippen molar-refractivity contribution in [2.75, 3.05) is 0 Å². The molecule has 0 saturated carbocycles. The molecule has 19 heavy (non-hydrogen) atoms. The Hall–Kier alpha value is -1.75. The van der Waals surface area contributed by atoms with Gasteiger partial charge in [0.05, 0.1) is 17.1 Å². The molecule has 0 spiro atoms. The summed E-state index contributed by atoms with van der Waals surface area (Å²) in [5.41, 5.74) is 0.736. The summed E-state index contributed by atoms with van der Waals surface area (Å²) in [6.07, 6.45) is 2.25. The highest BCUT2D eigenvalue weighted by molar-refractivity contribution is 5.79. The third-order valence-electron chi connectivity index (χ3n) is 3.33. The molecule has 0 radical (unpaired) electrons. The number of Topliss-reactive ketones (excluding diaryl/α,β-unsaturated/α-hetero) is 1. The minimum atomic E-state index is -0.433. The van der Waals surface area contributed by atoms with Crippen LogP contribution in [0.1, 0.15) is 44.3 Å². The van der Waals surface area contributed by atoms with Gasteiger partial charge in [0.25, 0.3) is 5.69 Å². The number of hydrogen-bond acceptors (Lipinski definition) is 4. The van der Waals surface area contributed by atoms with E-state index in [9.17, 15) is 14.9 Å². The van der Waals surface area contributed by atoms with Crippen LogP contribution in [0.4, 0.5) is 5.69 Å². The van der Waals surface area contributed by atoms with Gasteiger partial charge in [-0.3, -0.25) is 14.9 Å². The van der Waals surface area contributed by atoms with E-state index in [1.165, 1.54) is 12.1 Å². The van der Waals surface area contributed by atoms with Gasteiger partial charge in [-0.25, -0.2) is 0 Å². The number of nitrogens with zero attached hydrogens (tertiary/aromatic N) is 1. The summed E-state index contributed by atoms with van der Waals surface area (Å²) < 4.78 is 5.84. The van der Waals surface area contributed by atoms with Gasteiger partial charge >= 0.3 is 0 Å². The van der Waals surface area contributed by atoms with E-state index in [4.69, 9.17) is 4.74 Å². The van der Waals surface area contributed by atoms with Crippen LogP contribution in [-0.2, 0) is 9.53 Å². The fourth-order valence-corrected chi connectivity index (χ4v) is 2.33. The van der Waals surface area contributed by atoms with E-state index in [2.05, 4.69) is 0 Å². The molecule has 5 heteroatoms. The molecule has 2 rings (SSSR count). The van der Waals surface area contributed by atoms with Gasteiger partial charge in [-0.1, -0.05) is 12.1 Å². The highest BCUT2D eigenvalue weighted by atomic mass is 16.6. The quantitative estimate of drug-likeness (QED) is 0.607. The van der Waals surface area contributed by atoms with E-state index in [1.807, 2.05) is 6.92 Å². The van der Waals surface area contributed by atoms with Crippen molar-refractivity contribution in [3.05, 3.63) is 39.9 Å². The number of carbonyl (C=O) groups excluding carboxylic acids is 1. The second kappa shape index (κ2) is 5.93. The molecular weight excluding hydrogens is 246 g/mol. The number of hydrogen-bond donors (Lipinski definition) is 0.